The van der Waals surface area contributed by atoms with E-state index < -0.39 is 10.0 Å². The lowest BCUT2D eigenvalue weighted by Crippen LogP contribution is -2.24. The lowest BCUT2D eigenvalue weighted by Gasteiger charge is -2.04. The van der Waals surface area contributed by atoms with E-state index in [4.69, 9.17) is 16.0 Å². The molecule has 86 valence electrons. The van der Waals surface area contributed by atoms with Gasteiger partial charge in [-0.3, -0.25) is 0 Å². The molecule has 0 saturated heterocycles. The van der Waals surface area contributed by atoms with Crippen LogP contribution in [0.15, 0.2) is 9.31 Å². The fourth-order valence-electron chi connectivity index (χ4n) is 1.48. The minimum Gasteiger partial charge on any atom is -0.465 e. The maximum absolute atomic E-state index is 11.8. The van der Waals surface area contributed by atoms with Crippen LogP contribution in [0.25, 0.3) is 0 Å². The Morgan fingerprint density at radius 3 is 2.40 bits per heavy atom. The van der Waals surface area contributed by atoms with Gasteiger partial charge in [-0.2, -0.15) is 0 Å². The third-order valence-electron chi connectivity index (χ3n) is 2.06. The molecule has 1 heterocycles. The highest BCUT2D eigenvalue weighted by atomic mass is 35.5. The van der Waals surface area contributed by atoms with Gasteiger partial charge in [-0.05, 0) is 13.8 Å². The molecule has 0 aromatic carbocycles. The third kappa shape index (κ3) is 2.35. The number of rotatable bonds is 4. The average molecular weight is 252 g/mol. The molecule has 0 bridgehead atoms. The molecule has 0 aliphatic heterocycles. The molecule has 0 aliphatic carbocycles. The summed E-state index contributed by atoms with van der Waals surface area (Å²) in [6.45, 7) is 5.39. The molecule has 1 rings (SSSR count). The monoisotopic (exact) mass is 251 g/mol. The predicted molar refractivity (Wildman–Crippen MR) is 58.6 cm³/mol. The van der Waals surface area contributed by atoms with Gasteiger partial charge in [0.15, 0.2) is 0 Å². The number of sulfonamides is 1. The van der Waals surface area contributed by atoms with Gasteiger partial charge in [0.2, 0.25) is 10.0 Å². The highest BCUT2D eigenvalue weighted by Crippen LogP contribution is 2.27. The van der Waals surface area contributed by atoms with Crippen LogP contribution < -0.4 is 4.72 Å². The van der Waals surface area contributed by atoms with Gasteiger partial charge in [0.05, 0.1) is 5.88 Å². The zero-order chi connectivity index (χ0) is 11.6. The molecular formula is C9H14ClNO3S. The van der Waals surface area contributed by atoms with Crippen LogP contribution in [0.1, 0.15) is 24.0 Å². The number of nitrogens with one attached hydrogen (secondary N) is 1. The summed E-state index contributed by atoms with van der Waals surface area (Å²) in [5.41, 5.74) is 0.537. The Bertz CT molecular complexity index is 450. The Labute approximate surface area is 94.7 Å². The molecular weight excluding hydrogens is 238 g/mol. The quantitative estimate of drug-likeness (QED) is 0.832. The molecule has 15 heavy (non-hydrogen) atoms. The van der Waals surface area contributed by atoms with E-state index in [1.54, 1.807) is 20.8 Å². The van der Waals surface area contributed by atoms with Crippen molar-refractivity contribution in [2.24, 2.45) is 0 Å². The predicted octanol–water partition coefficient (Wildman–Crippen LogP) is 1.93. The van der Waals surface area contributed by atoms with Crippen LogP contribution in [0.5, 0.6) is 0 Å². The van der Waals surface area contributed by atoms with E-state index in [2.05, 4.69) is 4.72 Å². The summed E-state index contributed by atoms with van der Waals surface area (Å²) < 4.78 is 31.3. The van der Waals surface area contributed by atoms with Crippen molar-refractivity contribution in [2.45, 2.75) is 31.5 Å². The van der Waals surface area contributed by atoms with Gasteiger partial charge in [0, 0.05) is 12.1 Å². The molecule has 0 unspecified atom stereocenters. The number of hydrogen-bond donors (Lipinski definition) is 1. The summed E-state index contributed by atoms with van der Waals surface area (Å²) in [5, 5.41) is 0. The zero-order valence-corrected chi connectivity index (χ0v) is 10.5. The number of alkyl halides is 1. The normalized spacial score (nSPS) is 12.0. The molecule has 1 N–H and O–H groups in total. The molecule has 0 amide bonds. The summed E-state index contributed by atoms with van der Waals surface area (Å²) in [6.07, 6.45) is 0. The van der Waals surface area contributed by atoms with Crippen molar-refractivity contribution >= 4 is 21.6 Å². The first-order valence-electron chi connectivity index (χ1n) is 4.58. The molecule has 0 radical (unpaired) electrons. The maximum atomic E-state index is 11.8. The second-order valence-corrected chi connectivity index (χ2v) is 5.13. The Balaban J connectivity index is 3.36. The van der Waals surface area contributed by atoms with Crippen molar-refractivity contribution in [1.82, 2.24) is 4.72 Å². The van der Waals surface area contributed by atoms with Crippen LogP contribution in [-0.4, -0.2) is 15.0 Å². The van der Waals surface area contributed by atoms with Gasteiger partial charge in [-0.1, -0.05) is 6.92 Å². The van der Waals surface area contributed by atoms with Crippen LogP contribution in [0.2, 0.25) is 0 Å². The van der Waals surface area contributed by atoms with E-state index in [1.807, 2.05) is 0 Å². The Kier molecular flexibility index (Phi) is 3.81. The maximum Gasteiger partial charge on any atom is 0.244 e. The Hall–Kier alpha value is -0.520. The fourth-order valence-corrected chi connectivity index (χ4v) is 3.36. The van der Waals surface area contributed by atoms with Crippen LogP contribution in [-0.2, 0) is 15.9 Å². The van der Waals surface area contributed by atoms with Gasteiger partial charge < -0.3 is 4.42 Å². The molecule has 1 aromatic heterocycles. The van der Waals surface area contributed by atoms with Crippen molar-refractivity contribution in [1.29, 1.82) is 0 Å². The van der Waals surface area contributed by atoms with E-state index in [9.17, 15) is 8.42 Å². The Morgan fingerprint density at radius 2 is 1.93 bits per heavy atom. The largest absolute Gasteiger partial charge is 0.465 e. The number of furan rings is 1. The molecule has 0 atom stereocenters. The smallest absolute Gasteiger partial charge is 0.244 e. The molecule has 6 heteroatoms. The summed E-state index contributed by atoms with van der Waals surface area (Å²) in [7, 11) is -3.49. The van der Waals surface area contributed by atoms with Crippen LogP contribution in [0, 0.1) is 13.8 Å². The first-order valence-corrected chi connectivity index (χ1v) is 6.60. The van der Waals surface area contributed by atoms with Gasteiger partial charge in [0.1, 0.15) is 16.4 Å². The number of hydrogen-bond acceptors (Lipinski definition) is 3. The number of aryl methyl sites for hydroxylation is 2. The second-order valence-electron chi connectivity index (χ2n) is 3.16. The van der Waals surface area contributed by atoms with E-state index in [0.717, 1.165) is 0 Å². The van der Waals surface area contributed by atoms with Crippen molar-refractivity contribution in [3.63, 3.8) is 0 Å². The molecule has 1 aromatic rings. The van der Waals surface area contributed by atoms with Gasteiger partial charge >= 0.3 is 0 Å². The van der Waals surface area contributed by atoms with E-state index in [0.29, 0.717) is 23.6 Å². The topological polar surface area (TPSA) is 59.3 Å². The third-order valence-corrected chi connectivity index (χ3v) is 4.07. The van der Waals surface area contributed by atoms with Crippen LogP contribution in [0.3, 0.4) is 0 Å². The van der Waals surface area contributed by atoms with Crippen molar-refractivity contribution in [2.75, 3.05) is 6.54 Å². The molecule has 0 fully saturated rings. The average Bonchev–Trinajstić information content (AvgIpc) is 2.40. The molecule has 0 aliphatic rings. The first-order chi connectivity index (χ1) is 6.94. The van der Waals surface area contributed by atoms with E-state index in [-0.39, 0.29) is 10.8 Å². The standard InChI is InChI=1S/C9H14ClNO3S/c1-4-11-15(12,13)9-7(3)14-6(2)8(9)5-10/h11H,4-5H2,1-3H3. The number of halogens is 1. The van der Waals surface area contributed by atoms with Crippen molar-refractivity contribution < 1.29 is 12.8 Å². The fraction of sp³-hybridized carbons (Fsp3) is 0.556. The van der Waals surface area contributed by atoms with E-state index in [1.165, 1.54) is 0 Å². The Morgan fingerprint density at radius 1 is 1.33 bits per heavy atom. The minimum absolute atomic E-state index is 0.128. The summed E-state index contributed by atoms with van der Waals surface area (Å²) in [4.78, 5) is 0.178. The van der Waals surface area contributed by atoms with Crippen LogP contribution in [0.4, 0.5) is 0 Å². The zero-order valence-electron chi connectivity index (χ0n) is 8.93. The van der Waals surface area contributed by atoms with Gasteiger partial charge in [-0.15, -0.1) is 11.6 Å². The van der Waals surface area contributed by atoms with Gasteiger partial charge in [-0.25, -0.2) is 13.1 Å². The lowest BCUT2D eigenvalue weighted by molar-refractivity contribution is 0.494. The summed E-state index contributed by atoms with van der Waals surface area (Å²) in [6, 6.07) is 0. The lowest BCUT2D eigenvalue weighted by atomic mass is 10.3. The van der Waals surface area contributed by atoms with Crippen LogP contribution >= 0.6 is 11.6 Å². The first kappa shape index (κ1) is 12.5. The molecule has 0 spiro atoms. The van der Waals surface area contributed by atoms with E-state index >= 15 is 0 Å². The van der Waals surface area contributed by atoms with Crippen molar-refractivity contribution in [3.8, 4) is 0 Å². The molecule has 0 saturated carbocycles. The highest BCUT2D eigenvalue weighted by Gasteiger charge is 2.25. The summed E-state index contributed by atoms with van der Waals surface area (Å²) >= 11 is 5.70. The molecule has 4 nitrogen and oxygen atoms in total. The minimum atomic E-state index is -3.49. The second kappa shape index (κ2) is 4.55. The highest BCUT2D eigenvalue weighted by molar-refractivity contribution is 7.89. The van der Waals surface area contributed by atoms with Gasteiger partial charge in [0.25, 0.3) is 0 Å². The summed E-state index contributed by atoms with van der Waals surface area (Å²) in [5.74, 6) is 1.06. The SMILES string of the molecule is CCNS(=O)(=O)c1c(C)oc(C)c1CCl. The van der Waals surface area contributed by atoms with Crippen molar-refractivity contribution in [3.05, 3.63) is 17.1 Å².